The number of hydrogen-bond acceptors (Lipinski definition) is 5. The number of rotatable bonds is 4. The Balaban J connectivity index is 2.24. The Bertz CT molecular complexity index is 922. The van der Waals surface area contributed by atoms with E-state index < -0.39 is 18.1 Å². The summed E-state index contributed by atoms with van der Waals surface area (Å²) in [5.41, 5.74) is -0.323. The molecule has 0 fully saturated rings. The van der Waals surface area contributed by atoms with Gasteiger partial charge in [0.15, 0.2) is 0 Å². The van der Waals surface area contributed by atoms with Crippen molar-refractivity contribution in [3.05, 3.63) is 75.9 Å². The second-order valence-corrected chi connectivity index (χ2v) is 5.09. The van der Waals surface area contributed by atoms with Gasteiger partial charge in [0.2, 0.25) is 0 Å². The molecule has 0 aliphatic heterocycles. The lowest BCUT2D eigenvalue weighted by atomic mass is 10.1. The fourth-order valence-corrected chi connectivity index (χ4v) is 2.53. The van der Waals surface area contributed by atoms with E-state index in [1.165, 1.54) is 31.4 Å². The smallest absolute Gasteiger partial charge is 0.336 e. The molecule has 1 N–H and O–H groups in total. The topological polar surface area (TPSA) is 100 Å². The highest BCUT2D eigenvalue weighted by atomic mass is 16.5. The van der Waals surface area contributed by atoms with Crippen molar-refractivity contribution in [1.29, 1.82) is 0 Å². The lowest BCUT2D eigenvalue weighted by Gasteiger charge is -2.11. The molecule has 3 aromatic rings. The van der Waals surface area contributed by atoms with Crippen molar-refractivity contribution in [3.63, 3.8) is 0 Å². The highest BCUT2D eigenvalue weighted by Gasteiger charge is 2.33. The molecule has 1 aromatic heterocycles. The van der Waals surface area contributed by atoms with Crippen LogP contribution in [-0.2, 0) is 6.61 Å². The third-order valence-electron chi connectivity index (χ3n) is 3.76. The van der Waals surface area contributed by atoms with Crippen LogP contribution in [0.15, 0.2) is 48.5 Å². The van der Waals surface area contributed by atoms with Crippen LogP contribution in [0.2, 0.25) is 0 Å². The Kier molecular flexibility index (Phi) is 4.01. The van der Waals surface area contributed by atoms with Crippen molar-refractivity contribution in [2.45, 2.75) is 6.61 Å². The van der Waals surface area contributed by atoms with Crippen LogP contribution in [0, 0.1) is 10.4 Å². The van der Waals surface area contributed by atoms with E-state index in [4.69, 9.17) is 4.74 Å². The molecule has 0 amide bonds. The zero-order chi connectivity index (χ0) is 17.3. The van der Waals surface area contributed by atoms with Crippen LogP contribution in [0.4, 0.5) is 0 Å². The lowest BCUT2D eigenvalue weighted by Crippen LogP contribution is -2.47. The van der Waals surface area contributed by atoms with Gasteiger partial charge in [-0.05, 0) is 24.3 Å². The molecule has 7 heteroatoms. The largest absolute Gasteiger partial charge is 0.618 e. The number of ether oxygens (including phenoxy) is 1. The number of hydrogen-bond donors (Lipinski definition) is 1. The number of ketones is 1. The molecule has 0 saturated carbocycles. The van der Waals surface area contributed by atoms with E-state index in [1.807, 2.05) is 0 Å². The molecule has 2 aromatic carbocycles. The number of nitrogens with zero attached hydrogens (tertiary/aromatic N) is 2. The summed E-state index contributed by atoms with van der Waals surface area (Å²) in [5, 5.41) is 34.5. The van der Waals surface area contributed by atoms with Crippen molar-refractivity contribution in [2.24, 2.45) is 0 Å². The van der Waals surface area contributed by atoms with Crippen molar-refractivity contribution in [3.8, 4) is 5.75 Å². The number of benzene rings is 2. The Hall–Kier alpha value is -3.19. The van der Waals surface area contributed by atoms with Gasteiger partial charge in [-0.1, -0.05) is 12.1 Å². The molecule has 0 saturated heterocycles. The predicted octanol–water partition coefficient (Wildman–Crippen LogP) is 0.839. The van der Waals surface area contributed by atoms with Gasteiger partial charge in [0.25, 0.3) is 22.5 Å². The standard InChI is InChI=1S/C17H14N2O5/c1-24-12-8-6-11(7-9-12)17(21)16-15(10-20)18(22)13-4-2-3-5-14(13)19(16)23/h2-9,20H,10H2,1H3. The lowest BCUT2D eigenvalue weighted by molar-refractivity contribution is -0.637. The molecule has 0 aliphatic rings. The SMILES string of the molecule is COc1ccc(C(=O)c2c(CO)[n+]([O-])c3ccccc3[n+]2[O-])cc1. The van der Waals surface area contributed by atoms with Crippen LogP contribution in [0.1, 0.15) is 21.7 Å². The first-order chi connectivity index (χ1) is 11.6. The van der Waals surface area contributed by atoms with Gasteiger partial charge >= 0.3 is 5.69 Å². The summed E-state index contributed by atoms with van der Waals surface area (Å²) in [4.78, 5) is 12.7. The Labute approximate surface area is 137 Å². The number of methoxy groups -OCH3 is 1. The summed E-state index contributed by atoms with van der Waals surface area (Å²) in [6.45, 7) is -0.728. The third kappa shape index (κ3) is 2.40. The summed E-state index contributed by atoms with van der Waals surface area (Å²) in [7, 11) is 1.50. The van der Waals surface area contributed by atoms with Crippen LogP contribution < -0.4 is 14.2 Å². The predicted molar refractivity (Wildman–Crippen MR) is 84.2 cm³/mol. The number of aliphatic hydroxyl groups excluding tert-OH is 1. The summed E-state index contributed by atoms with van der Waals surface area (Å²) in [6, 6.07) is 12.2. The van der Waals surface area contributed by atoms with Gasteiger partial charge in [-0.2, -0.15) is 9.46 Å². The molecule has 7 nitrogen and oxygen atoms in total. The first kappa shape index (κ1) is 15.7. The van der Waals surface area contributed by atoms with Crippen molar-refractivity contribution >= 4 is 16.8 Å². The number of aliphatic hydroxyl groups is 1. The Morgan fingerprint density at radius 1 is 1.04 bits per heavy atom. The Morgan fingerprint density at radius 3 is 2.17 bits per heavy atom. The maximum absolute atomic E-state index is 12.7. The van der Waals surface area contributed by atoms with Crippen LogP contribution >= 0.6 is 0 Å². The minimum Gasteiger partial charge on any atom is -0.618 e. The first-order valence-corrected chi connectivity index (χ1v) is 7.14. The van der Waals surface area contributed by atoms with Crippen LogP contribution in [-0.4, -0.2) is 18.0 Å². The van der Waals surface area contributed by atoms with Gasteiger partial charge in [-0.25, -0.2) is 0 Å². The van der Waals surface area contributed by atoms with Gasteiger partial charge in [-0.15, -0.1) is 0 Å². The zero-order valence-electron chi connectivity index (χ0n) is 12.8. The van der Waals surface area contributed by atoms with E-state index in [-0.39, 0.29) is 22.3 Å². The van der Waals surface area contributed by atoms with Crippen LogP contribution in [0.5, 0.6) is 5.75 Å². The average Bonchev–Trinajstić information content (AvgIpc) is 2.64. The molecule has 0 aliphatic carbocycles. The number of carbonyl (C=O) groups is 1. The van der Waals surface area contributed by atoms with E-state index in [1.54, 1.807) is 24.3 Å². The third-order valence-corrected chi connectivity index (χ3v) is 3.76. The fraction of sp³-hybridized carbons (Fsp3) is 0.118. The van der Waals surface area contributed by atoms with E-state index in [9.17, 15) is 20.3 Å². The maximum atomic E-state index is 12.7. The van der Waals surface area contributed by atoms with Crippen LogP contribution in [0.3, 0.4) is 0 Å². The molecule has 3 rings (SSSR count). The maximum Gasteiger partial charge on any atom is 0.336 e. The Morgan fingerprint density at radius 2 is 1.62 bits per heavy atom. The van der Waals surface area contributed by atoms with Gasteiger partial charge in [-0.3, -0.25) is 4.79 Å². The van der Waals surface area contributed by atoms with Gasteiger partial charge in [0, 0.05) is 17.7 Å². The second kappa shape index (κ2) is 6.13. The molecule has 1 heterocycles. The molecule has 0 spiro atoms. The van der Waals surface area contributed by atoms with E-state index in [2.05, 4.69) is 0 Å². The fourth-order valence-electron chi connectivity index (χ4n) is 2.53. The van der Waals surface area contributed by atoms with Crippen LogP contribution in [0.25, 0.3) is 11.0 Å². The first-order valence-electron chi connectivity index (χ1n) is 7.14. The molecule has 0 atom stereocenters. The summed E-state index contributed by atoms with van der Waals surface area (Å²) < 4.78 is 5.84. The summed E-state index contributed by atoms with van der Waals surface area (Å²) in [5.74, 6) is -0.0895. The van der Waals surface area contributed by atoms with Crippen molar-refractivity contribution in [1.82, 2.24) is 0 Å². The number of carbonyl (C=O) groups excluding carboxylic acids is 1. The highest BCUT2D eigenvalue weighted by molar-refractivity contribution is 6.07. The zero-order valence-corrected chi connectivity index (χ0v) is 12.8. The summed E-state index contributed by atoms with van der Waals surface area (Å²) in [6.07, 6.45) is 0. The van der Waals surface area contributed by atoms with Gasteiger partial charge in [0.05, 0.1) is 7.11 Å². The van der Waals surface area contributed by atoms with E-state index in [0.717, 1.165) is 0 Å². The highest BCUT2D eigenvalue weighted by Crippen LogP contribution is 2.16. The van der Waals surface area contributed by atoms with Crippen molar-refractivity contribution in [2.75, 3.05) is 7.11 Å². The minimum absolute atomic E-state index is 0.0570. The molecule has 24 heavy (non-hydrogen) atoms. The summed E-state index contributed by atoms with van der Waals surface area (Å²) >= 11 is 0. The monoisotopic (exact) mass is 326 g/mol. The number of aromatic nitrogens is 2. The van der Waals surface area contributed by atoms with Gasteiger partial charge < -0.3 is 20.3 Å². The van der Waals surface area contributed by atoms with Gasteiger partial charge in [0.1, 0.15) is 12.4 Å². The molecular weight excluding hydrogens is 312 g/mol. The number of para-hydroxylation sites is 2. The number of fused-ring (bicyclic) bond motifs is 1. The second-order valence-electron chi connectivity index (χ2n) is 5.09. The molecular formula is C17H14N2O5. The van der Waals surface area contributed by atoms with E-state index >= 15 is 0 Å². The van der Waals surface area contributed by atoms with Crippen molar-refractivity contribution < 1.29 is 24.1 Å². The molecule has 0 bridgehead atoms. The average molecular weight is 326 g/mol. The molecule has 0 radical (unpaired) electrons. The molecule has 122 valence electrons. The minimum atomic E-state index is -0.728. The van der Waals surface area contributed by atoms with E-state index in [0.29, 0.717) is 15.2 Å². The quantitative estimate of drug-likeness (QED) is 0.435. The molecule has 0 unspecified atom stereocenters. The normalized spacial score (nSPS) is 10.8.